The molecule has 0 atom stereocenters. The summed E-state index contributed by atoms with van der Waals surface area (Å²) in [6.45, 7) is 2.67. The first-order valence-electron chi connectivity index (χ1n) is 10.2. The van der Waals surface area contributed by atoms with Gasteiger partial charge >= 0.3 is 6.03 Å². The molecule has 2 N–H and O–H groups in total. The van der Waals surface area contributed by atoms with Crippen molar-refractivity contribution in [3.8, 4) is 0 Å². The number of ether oxygens (including phenoxy) is 1. The van der Waals surface area contributed by atoms with Crippen molar-refractivity contribution in [2.75, 3.05) is 32.1 Å². The lowest BCUT2D eigenvalue weighted by molar-refractivity contribution is -0.117. The predicted molar refractivity (Wildman–Crippen MR) is 108 cm³/mol. The maximum atomic E-state index is 13.1. The number of rotatable bonds is 7. The van der Waals surface area contributed by atoms with Gasteiger partial charge in [-0.2, -0.15) is 0 Å². The minimum atomic E-state index is -0.230. The highest BCUT2D eigenvalue weighted by atomic mass is 32.1. The number of thiazole rings is 1. The van der Waals surface area contributed by atoms with Crippen LogP contribution in [0, 0.1) is 24.7 Å². The number of nitrogens with zero attached hydrogens (tertiary/aromatic N) is 2. The maximum absolute atomic E-state index is 13.1. The molecule has 0 spiro atoms. The molecule has 1 aromatic rings. The summed E-state index contributed by atoms with van der Waals surface area (Å²) in [7, 11) is 1.60. The second-order valence-corrected chi connectivity index (χ2v) is 9.74. The Morgan fingerprint density at radius 1 is 1.25 bits per heavy atom. The number of carbonyl (C=O) groups is 2. The lowest BCUT2D eigenvalue weighted by Gasteiger charge is -2.57. The highest BCUT2D eigenvalue weighted by molar-refractivity contribution is 7.13. The van der Waals surface area contributed by atoms with Crippen LogP contribution in [-0.2, 0) is 9.53 Å². The zero-order valence-electron chi connectivity index (χ0n) is 16.7. The molecule has 5 rings (SSSR count). The Kier molecular flexibility index (Phi) is 5.60. The van der Waals surface area contributed by atoms with E-state index < -0.39 is 0 Å². The highest BCUT2D eigenvalue weighted by Gasteiger charge is 2.51. The summed E-state index contributed by atoms with van der Waals surface area (Å²) in [6.07, 6.45) is 7.27. The standard InChI is InChI=1S/C20H30N4O3S/c1-13-12-28-18(21-13)22-17(25)11-24(3-4-27-2)19(26)23-20-8-14-5-15(9-20)7-16(6-14)10-20/h12,14-16H,3-11H2,1-2H3,(H,23,26)(H,21,22,25). The Morgan fingerprint density at radius 2 is 1.89 bits per heavy atom. The first kappa shape index (κ1) is 19.6. The van der Waals surface area contributed by atoms with E-state index in [0.717, 1.165) is 42.7 Å². The zero-order chi connectivity index (χ0) is 19.7. The minimum absolute atomic E-state index is 0.000185. The van der Waals surface area contributed by atoms with Crippen molar-refractivity contribution in [1.29, 1.82) is 0 Å². The number of methoxy groups -OCH3 is 1. The highest BCUT2D eigenvalue weighted by Crippen LogP contribution is 2.55. The van der Waals surface area contributed by atoms with Crippen LogP contribution in [-0.4, -0.2) is 54.2 Å². The predicted octanol–water partition coefficient (Wildman–Crippen LogP) is 3.02. The largest absolute Gasteiger partial charge is 0.383 e. The summed E-state index contributed by atoms with van der Waals surface area (Å²) in [6, 6.07) is -0.149. The molecule has 3 amide bonds. The second-order valence-electron chi connectivity index (χ2n) is 8.88. The van der Waals surface area contributed by atoms with Gasteiger partial charge in [0.15, 0.2) is 5.13 Å². The van der Waals surface area contributed by atoms with E-state index in [9.17, 15) is 9.59 Å². The number of aromatic nitrogens is 1. The Morgan fingerprint density at radius 3 is 2.43 bits per heavy atom. The third kappa shape index (κ3) is 4.33. The van der Waals surface area contributed by atoms with E-state index >= 15 is 0 Å². The Balaban J connectivity index is 1.39. The number of hydrogen-bond acceptors (Lipinski definition) is 5. The van der Waals surface area contributed by atoms with Gasteiger partial charge in [0.1, 0.15) is 6.54 Å². The van der Waals surface area contributed by atoms with Crippen molar-refractivity contribution in [3.05, 3.63) is 11.1 Å². The minimum Gasteiger partial charge on any atom is -0.383 e. The van der Waals surface area contributed by atoms with Crippen molar-refractivity contribution in [1.82, 2.24) is 15.2 Å². The summed E-state index contributed by atoms with van der Waals surface area (Å²) in [5.41, 5.74) is 0.802. The summed E-state index contributed by atoms with van der Waals surface area (Å²) in [4.78, 5) is 31.4. The fourth-order valence-electron chi connectivity index (χ4n) is 5.77. The number of nitrogens with one attached hydrogen (secondary N) is 2. The van der Waals surface area contributed by atoms with Gasteiger partial charge in [-0.15, -0.1) is 11.3 Å². The van der Waals surface area contributed by atoms with E-state index in [-0.39, 0.29) is 24.0 Å². The molecule has 4 bridgehead atoms. The lowest BCUT2D eigenvalue weighted by Crippen LogP contribution is -2.62. The number of carbonyl (C=O) groups excluding carboxylic acids is 2. The molecule has 4 aliphatic carbocycles. The summed E-state index contributed by atoms with van der Waals surface area (Å²) >= 11 is 1.39. The fraction of sp³-hybridized carbons (Fsp3) is 0.750. The Bertz CT molecular complexity index is 700. The van der Waals surface area contributed by atoms with Crippen LogP contribution in [0.1, 0.15) is 44.2 Å². The zero-order valence-corrected chi connectivity index (χ0v) is 17.5. The summed E-state index contributed by atoms with van der Waals surface area (Å²) in [5.74, 6) is 2.05. The average Bonchev–Trinajstić information content (AvgIpc) is 3.01. The van der Waals surface area contributed by atoms with E-state index in [1.807, 2.05) is 12.3 Å². The van der Waals surface area contributed by atoms with Crippen LogP contribution >= 0.6 is 11.3 Å². The molecule has 1 heterocycles. The van der Waals surface area contributed by atoms with Crippen LogP contribution in [0.3, 0.4) is 0 Å². The molecular weight excluding hydrogens is 376 g/mol. The van der Waals surface area contributed by atoms with Crippen molar-refractivity contribution in [2.45, 2.75) is 51.0 Å². The second kappa shape index (κ2) is 7.99. The molecule has 4 saturated carbocycles. The molecule has 0 aliphatic heterocycles. The molecule has 8 heteroatoms. The molecule has 7 nitrogen and oxygen atoms in total. The fourth-order valence-corrected chi connectivity index (χ4v) is 6.47. The van der Waals surface area contributed by atoms with Gasteiger partial charge in [0.05, 0.1) is 12.3 Å². The molecule has 4 aliphatic rings. The first-order chi connectivity index (χ1) is 13.4. The average molecular weight is 407 g/mol. The Labute approximate surface area is 170 Å². The molecule has 28 heavy (non-hydrogen) atoms. The third-order valence-electron chi connectivity index (χ3n) is 6.46. The molecular formula is C20H30N4O3S. The number of hydrogen-bond donors (Lipinski definition) is 2. The van der Waals surface area contributed by atoms with Gasteiger partial charge in [-0.1, -0.05) is 0 Å². The first-order valence-corrected chi connectivity index (χ1v) is 11.1. The van der Waals surface area contributed by atoms with E-state index in [2.05, 4.69) is 15.6 Å². The van der Waals surface area contributed by atoms with Crippen LogP contribution in [0.25, 0.3) is 0 Å². The van der Waals surface area contributed by atoms with Crippen LogP contribution in [0.15, 0.2) is 5.38 Å². The molecule has 0 aromatic carbocycles. The quantitative estimate of drug-likeness (QED) is 0.729. The van der Waals surface area contributed by atoms with Crippen molar-refractivity contribution in [3.63, 3.8) is 0 Å². The van der Waals surface area contributed by atoms with Crippen molar-refractivity contribution in [2.24, 2.45) is 17.8 Å². The van der Waals surface area contributed by atoms with Crippen LogP contribution < -0.4 is 10.6 Å². The van der Waals surface area contributed by atoms with E-state index in [0.29, 0.717) is 18.3 Å². The Hall–Kier alpha value is -1.67. The van der Waals surface area contributed by atoms with Gasteiger partial charge in [0.2, 0.25) is 5.91 Å². The molecule has 0 unspecified atom stereocenters. The van der Waals surface area contributed by atoms with Gasteiger partial charge in [-0.25, -0.2) is 9.78 Å². The maximum Gasteiger partial charge on any atom is 0.318 e. The van der Waals surface area contributed by atoms with Gasteiger partial charge < -0.3 is 20.3 Å². The number of urea groups is 1. The normalized spacial score (nSPS) is 30.3. The van der Waals surface area contributed by atoms with Crippen LogP contribution in [0.4, 0.5) is 9.93 Å². The van der Waals surface area contributed by atoms with Crippen LogP contribution in [0.5, 0.6) is 0 Å². The van der Waals surface area contributed by atoms with E-state index in [1.165, 1.54) is 30.6 Å². The van der Waals surface area contributed by atoms with Crippen molar-refractivity contribution >= 4 is 28.4 Å². The van der Waals surface area contributed by atoms with Gasteiger partial charge in [-0.3, -0.25) is 4.79 Å². The topological polar surface area (TPSA) is 83.6 Å². The van der Waals surface area contributed by atoms with Crippen molar-refractivity contribution < 1.29 is 14.3 Å². The lowest BCUT2D eigenvalue weighted by atomic mass is 9.53. The molecule has 1 aromatic heterocycles. The van der Waals surface area contributed by atoms with Gasteiger partial charge in [-0.05, 0) is 63.2 Å². The molecule has 4 fully saturated rings. The smallest absolute Gasteiger partial charge is 0.318 e. The van der Waals surface area contributed by atoms with E-state index in [1.54, 1.807) is 12.0 Å². The number of aryl methyl sites for hydroxylation is 1. The van der Waals surface area contributed by atoms with Gasteiger partial charge in [0, 0.05) is 24.6 Å². The molecule has 0 radical (unpaired) electrons. The SMILES string of the molecule is COCCN(CC(=O)Nc1nc(C)cs1)C(=O)NC12CC3CC(CC(C3)C1)C2. The van der Waals surface area contributed by atoms with Gasteiger partial charge in [0.25, 0.3) is 0 Å². The molecule has 0 saturated heterocycles. The van der Waals surface area contributed by atoms with Crippen LogP contribution in [0.2, 0.25) is 0 Å². The molecule has 154 valence electrons. The monoisotopic (exact) mass is 406 g/mol. The summed E-state index contributed by atoms with van der Waals surface area (Å²) in [5, 5.41) is 8.59. The third-order valence-corrected chi connectivity index (χ3v) is 7.34. The number of amides is 3. The number of anilines is 1. The summed E-state index contributed by atoms with van der Waals surface area (Å²) < 4.78 is 5.16. The van der Waals surface area contributed by atoms with E-state index in [4.69, 9.17) is 4.74 Å².